The van der Waals surface area contributed by atoms with E-state index in [1.165, 1.54) is 11.3 Å². The van der Waals surface area contributed by atoms with Crippen molar-refractivity contribution in [2.45, 2.75) is 79.5 Å². The van der Waals surface area contributed by atoms with E-state index in [0.717, 1.165) is 48.1 Å². The zero-order valence-electron chi connectivity index (χ0n) is 22.5. The summed E-state index contributed by atoms with van der Waals surface area (Å²) in [5.74, 6) is 0.934. The number of hydrogen-bond acceptors (Lipinski definition) is 7. The maximum atomic E-state index is 11.9. The number of pyridine rings is 1. The number of carbonyl (C=O) groups excluding carboxylic acids is 1. The molecule has 10 heteroatoms. The van der Waals surface area contributed by atoms with Crippen molar-refractivity contribution >= 4 is 17.1 Å². The number of carbonyl (C=O) groups is 1. The maximum absolute atomic E-state index is 11.9. The summed E-state index contributed by atoms with van der Waals surface area (Å²) < 4.78 is 15.0. The molecule has 0 spiro atoms. The standard InChI is InChI=1S/C27H35N7O3/c1-7-34-20-15-27(5,6)10-8-19(20)21(31-34)24-30-22(32-37-24)18-14-17-9-12-33(23(17)29-16-18)13-11-28-25(35)36-26(2,3)4/h9,12,14,16H,7-8,10-11,13,15H2,1-6H3,(H,28,35). The zero-order chi connectivity index (χ0) is 26.4. The topological polar surface area (TPSA) is 113 Å². The van der Waals surface area contributed by atoms with Gasteiger partial charge in [-0.3, -0.25) is 4.68 Å². The summed E-state index contributed by atoms with van der Waals surface area (Å²) in [6.45, 7) is 14.1. The predicted octanol–water partition coefficient (Wildman–Crippen LogP) is 5.01. The van der Waals surface area contributed by atoms with Crippen molar-refractivity contribution in [3.63, 3.8) is 0 Å². The highest BCUT2D eigenvalue weighted by atomic mass is 16.6. The third-order valence-electron chi connectivity index (χ3n) is 6.67. The molecular formula is C27H35N7O3. The second kappa shape index (κ2) is 9.32. The van der Waals surface area contributed by atoms with E-state index in [-0.39, 0.29) is 5.41 Å². The number of aromatic nitrogens is 6. The van der Waals surface area contributed by atoms with Crippen LogP contribution in [0.4, 0.5) is 4.79 Å². The lowest BCUT2D eigenvalue weighted by Crippen LogP contribution is -2.34. The lowest BCUT2D eigenvalue weighted by Gasteiger charge is -2.30. The second-order valence-corrected chi connectivity index (χ2v) is 11.4. The SMILES string of the molecule is CCn1nc(-c2nc(-c3cnc4c(ccn4CCNC(=O)OC(C)(C)C)c3)no2)c2c1CC(C)(C)CC2. The average Bonchev–Trinajstić information content (AvgIpc) is 3.53. The van der Waals surface area contributed by atoms with Crippen molar-refractivity contribution in [3.8, 4) is 23.0 Å². The van der Waals surface area contributed by atoms with Crippen molar-refractivity contribution in [1.29, 1.82) is 0 Å². The van der Waals surface area contributed by atoms with E-state index in [0.29, 0.717) is 24.8 Å². The fourth-order valence-electron chi connectivity index (χ4n) is 4.84. The van der Waals surface area contributed by atoms with E-state index >= 15 is 0 Å². The Morgan fingerprint density at radius 1 is 1.30 bits per heavy atom. The third-order valence-corrected chi connectivity index (χ3v) is 6.67. The Kier molecular flexibility index (Phi) is 6.29. The predicted molar refractivity (Wildman–Crippen MR) is 140 cm³/mol. The van der Waals surface area contributed by atoms with Crippen LogP contribution in [0.15, 0.2) is 29.0 Å². The van der Waals surface area contributed by atoms with Gasteiger partial charge in [-0.05, 0) is 64.5 Å². The van der Waals surface area contributed by atoms with Gasteiger partial charge in [0.1, 0.15) is 11.2 Å². The molecule has 0 aromatic carbocycles. The van der Waals surface area contributed by atoms with Crippen LogP contribution in [0.25, 0.3) is 34.0 Å². The smallest absolute Gasteiger partial charge is 0.407 e. The number of alkyl carbamates (subject to hydrolysis) is 1. The first-order valence-corrected chi connectivity index (χ1v) is 12.9. The summed E-state index contributed by atoms with van der Waals surface area (Å²) >= 11 is 0. The number of nitrogens with zero attached hydrogens (tertiary/aromatic N) is 6. The number of nitrogens with one attached hydrogen (secondary N) is 1. The van der Waals surface area contributed by atoms with Crippen LogP contribution in [-0.2, 0) is 30.7 Å². The molecule has 1 N–H and O–H groups in total. The number of aryl methyl sites for hydroxylation is 1. The molecular weight excluding hydrogens is 470 g/mol. The van der Waals surface area contributed by atoms with Crippen LogP contribution in [0.5, 0.6) is 0 Å². The molecule has 4 heterocycles. The maximum Gasteiger partial charge on any atom is 0.407 e. The van der Waals surface area contributed by atoms with Crippen molar-refractivity contribution in [2.75, 3.05) is 6.54 Å². The number of rotatable bonds is 6. The van der Waals surface area contributed by atoms with Gasteiger partial charge < -0.3 is 19.1 Å². The molecule has 0 saturated carbocycles. The Morgan fingerprint density at radius 2 is 2.11 bits per heavy atom. The Morgan fingerprint density at radius 3 is 2.86 bits per heavy atom. The first-order chi connectivity index (χ1) is 17.5. The molecule has 0 bridgehead atoms. The molecule has 10 nitrogen and oxygen atoms in total. The number of ether oxygens (including phenoxy) is 1. The molecule has 196 valence electrons. The van der Waals surface area contributed by atoms with Gasteiger partial charge in [0, 0.05) is 54.2 Å². The molecule has 0 aliphatic heterocycles. The quantitative estimate of drug-likeness (QED) is 0.392. The van der Waals surface area contributed by atoms with Gasteiger partial charge in [-0.15, -0.1) is 0 Å². The summed E-state index contributed by atoms with van der Waals surface area (Å²) in [5.41, 5.74) is 4.63. The van der Waals surface area contributed by atoms with E-state index in [4.69, 9.17) is 19.3 Å². The summed E-state index contributed by atoms with van der Waals surface area (Å²) in [4.78, 5) is 21.2. The van der Waals surface area contributed by atoms with Gasteiger partial charge >= 0.3 is 6.09 Å². The molecule has 0 unspecified atom stereocenters. The van der Waals surface area contributed by atoms with Crippen molar-refractivity contribution in [2.24, 2.45) is 5.41 Å². The molecule has 4 aromatic rings. The zero-order valence-corrected chi connectivity index (χ0v) is 22.5. The first kappa shape index (κ1) is 25.0. The van der Waals surface area contributed by atoms with Crippen LogP contribution in [0.3, 0.4) is 0 Å². The molecule has 0 radical (unpaired) electrons. The van der Waals surface area contributed by atoms with Gasteiger partial charge in [-0.2, -0.15) is 10.1 Å². The van der Waals surface area contributed by atoms with E-state index in [9.17, 15) is 4.79 Å². The van der Waals surface area contributed by atoms with Crippen molar-refractivity contribution in [1.82, 2.24) is 34.8 Å². The van der Waals surface area contributed by atoms with Crippen LogP contribution in [0, 0.1) is 5.41 Å². The van der Waals surface area contributed by atoms with Crippen molar-refractivity contribution in [3.05, 3.63) is 35.8 Å². The normalized spacial score (nSPS) is 15.1. The molecule has 5 rings (SSSR count). The minimum Gasteiger partial charge on any atom is -0.444 e. The Labute approximate surface area is 216 Å². The van der Waals surface area contributed by atoms with Crippen LogP contribution in [0.2, 0.25) is 0 Å². The van der Waals surface area contributed by atoms with Crippen LogP contribution >= 0.6 is 0 Å². The minimum atomic E-state index is -0.524. The number of fused-ring (bicyclic) bond motifs is 2. The lowest BCUT2D eigenvalue weighted by molar-refractivity contribution is 0.0526. The molecule has 4 aromatic heterocycles. The molecule has 0 atom stereocenters. The monoisotopic (exact) mass is 505 g/mol. The number of hydrogen-bond donors (Lipinski definition) is 1. The van der Waals surface area contributed by atoms with Gasteiger partial charge in [0.15, 0.2) is 5.69 Å². The van der Waals surface area contributed by atoms with Gasteiger partial charge in [0.25, 0.3) is 5.89 Å². The van der Waals surface area contributed by atoms with Crippen LogP contribution in [0.1, 0.15) is 59.2 Å². The average molecular weight is 506 g/mol. The highest BCUT2D eigenvalue weighted by Gasteiger charge is 2.32. The molecule has 0 fully saturated rings. The summed E-state index contributed by atoms with van der Waals surface area (Å²) in [6, 6.07) is 3.98. The Bertz CT molecular complexity index is 1440. The molecule has 1 aliphatic carbocycles. The summed E-state index contributed by atoms with van der Waals surface area (Å²) in [5, 5.41) is 12.8. The number of amides is 1. The van der Waals surface area contributed by atoms with E-state index in [1.54, 1.807) is 6.20 Å². The Hall–Kier alpha value is -3.69. The molecule has 1 amide bonds. The summed E-state index contributed by atoms with van der Waals surface area (Å²) in [7, 11) is 0. The molecule has 1 aliphatic rings. The van der Waals surface area contributed by atoms with Gasteiger partial charge in [-0.1, -0.05) is 19.0 Å². The van der Waals surface area contributed by atoms with E-state index in [2.05, 4.69) is 40.9 Å². The minimum absolute atomic E-state index is 0.264. The van der Waals surface area contributed by atoms with Gasteiger partial charge in [-0.25, -0.2) is 9.78 Å². The fourth-order valence-corrected chi connectivity index (χ4v) is 4.84. The first-order valence-electron chi connectivity index (χ1n) is 12.9. The summed E-state index contributed by atoms with van der Waals surface area (Å²) in [6.07, 6.45) is 6.33. The van der Waals surface area contributed by atoms with E-state index < -0.39 is 11.7 Å². The highest BCUT2D eigenvalue weighted by Crippen LogP contribution is 2.39. The van der Waals surface area contributed by atoms with Crippen LogP contribution in [-0.4, -0.2) is 47.7 Å². The Balaban J connectivity index is 1.33. The van der Waals surface area contributed by atoms with Crippen molar-refractivity contribution < 1.29 is 14.1 Å². The molecule has 0 saturated heterocycles. The van der Waals surface area contributed by atoms with Gasteiger partial charge in [0.05, 0.1) is 0 Å². The second-order valence-electron chi connectivity index (χ2n) is 11.4. The third kappa shape index (κ3) is 5.23. The van der Waals surface area contributed by atoms with E-state index in [1.807, 2.05) is 43.7 Å². The highest BCUT2D eigenvalue weighted by molar-refractivity contribution is 5.80. The van der Waals surface area contributed by atoms with Crippen LogP contribution < -0.4 is 5.32 Å². The fraction of sp³-hybridized carbons (Fsp3) is 0.519. The van der Waals surface area contributed by atoms with Gasteiger partial charge in [0.2, 0.25) is 5.82 Å². The lowest BCUT2D eigenvalue weighted by atomic mass is 9.76. The molecule has 37 heavy (non-hydrogen) atoms. The largest absolute Gasteiger partial charge is 0.444 e.